The van der Waals surface area contributed by atoms with Crippen LogP contribution in [0.15, 0.2) is 0 Å². The molecule has 0 N–H and O–H groups in total. The summed E-state index contributed by atoms with van der Waals surface area (Å²) in [6.07, 6.45) is 3.25. The van der Waals surface area contributed by atoms with Crippen molar-refractivity contribution in [1.82, 2.24) is 0 Å². The van der Waals surface area contributed by atoms with E-state index in [1.54, 1.807) is 0 Å². The van der Waals surface area contributed by atoms with Crippen LogP contribution in [0.2, 0.25) is 0 Å². The Hall–Kier alpha value is -0.570. The van der Waals surface area contributed by atoms with Crippen LogP contribution in [0.4, 0.5) is 0 Å². The Kier molecular flexibility index (Phi) is 2.88. The Morgan fingerprint density at radius 1 is 1.64 bits per heavy atom. The average Bonchev–Trinajstić information content (AvgIpc) is 2.62. The first-order valence-corrected chi connectivity index (χ1v) is 4.06. The molecule has 0 aliphatic carbocycles. The summed E-state index contributed by atoms with van der Waals surface area (Å²) in [4.78, 5) is 10.4. The summed E-state index contributed by atoms with van der Waals surface area (Å²) in [6.45, 7) is 3.53. The third kappa shape index (κ3) is 2.89. The molecule has 1 aliphatic rings. The lowest BCUT2D eigenvalue weighted by atomic mass is 10.2. The van der Waals surface area contributed by atoms with Crippen molar-refractivity contribution in [2.75, 3.05) is 0 Å². The molecule has 0 aromatic rings. The third-order valence-corrected chi connectivity index (χ3v) is 1.66. The van der Waals surface area contributed by atoms with Crippen LogP contribution in [-0.4, -0.2) is 18.4 Å². The Morgan fingerprint density at radius 2 is 2.36 bits per heavy atom. The molecule has 3 nitrogen and oxygen atoms in total. The molecule has 11 heavy (non-hydrogen) atoms. The van der Waals surface area contributed by atoms with E-state index < -0.39 is 0 Å². The number of hydrogen-bond donors (Lipinski definition) is 0. The zero-order valence-electron chi connectivity index (χ0n) is 7.00. The second kappa shape index (κ2) is 3.72. The van der Waals surface area contributed by atoms with Crippen molar-refractivity contribution in [1.29, 1.82) is 0 Å². The first-order valence-electron chi connectivity index (χ1n) is 4.06. The predicted molar refractivity (Wildman–Crippen MR) is 40.0 cm³/mol. The number of ether oxygens (including phenoxy) is 2. The second-order valence-corrected chi connectivity index (χ2v) is 2.79. The number of hydrogen-bond acceptors (Lipinski definition) is 3. The quantitative estimate of drug-likeness (QED) is 0.459. The normalized spacial score (nSPS) is 28.2. The first-order chi connectivity index (χ1) is 5.24. The van der Waals surface area contributed by atoms with Gasteiger partial charge in [0.05, 0.1) is 0 Å². The lowest BCUT2D eigenvalue weighted by Gasteiger charge is -1.93. The highest BCUT2D eigenvalue weighted by molar-refractivity contribution is 5.66. The van der Waals surface area contributed by atoms with E-state index in [0.29, 0.717) is 0 Å². The van der Waals surface area contributed by atoms with E-state index in [0.717, 1.165) is 19.3 Å². The molecular weight excluding hydrogens is 144 g/mol. The molecular formula is C8H14O3. The highest BCUT2D eigenvalue weighted by atomic mass is 16.8. The minimum absolute atomic E-state index is 0.179. The first kappa shape index (κ1) is 8.53. The molecule has 1 fully saturated rings. The fraction of sp³-hybridized carbons (Fsp3) is 0.875. The van der Waals surface area contributed by atoms with Gasteiger partial charge in [-0.05, 0) is 6.42 Å². The second-order valence-electron chi connectivity index (χ2n) is 2.79. The van der Waals surface area contributed by atoms with Crippen molar-refractivity contribution in [3.05, 3.63) is 0 Å². The summed E-state index contributed by atoms with van der Waals surface area (Å²) in [6, 6.07) is 0. The van der Waals surface area contributed by atoms with Gasteiger partial charge in [-0.2, -0.15) is 0 Å². The largest absolute Gasteiger partial charge is 0.433 e. The lowest BCUT2D eigenvalue weighted by Crippen LogP contribution is -2.04. The van der Waals surface area contributed by atoms with Crippen LogP contribution in [0.25, 0.3) is 0 Å². The zero-order chi connectivity index (χ0) is 8.27. The molecule has 0 saturated carbocycles. The molecule has 0 unspecified atom stereocenters. The van der Waals surface area contributed by atoms with Gasteiger partial charge in [0.1, 0.15) is 6.10 Å². The van der Waals surface area contributed by atoms with Crippen molar-refractivity contribution >= 4 is 5.97 Å². The van der Waals surface area contributed by atoms with E-state index in [1.165, 1.54) is 6.92 Å². The fourth-order valence-electron chi connectivity index (χ4n) is 1.00. The number of carbonyl (C=O) groups is 1. The van der Waals surface area contributed by atoms with E-state index in [-0.39, 0.29) is 18.4 Å². The minimum Gasteiger partial charge on any atom is -0.433 e. The molecule has 64 valence electrons. The van der Waals surface area contributed by atoms with Crippen LogP contribution in [0.3, 0.4) is 0 Å². The maximum atomic E-state index is 10.4. The van der Waals surface area contributed by atoms with E-state index in [1.807, 2.05) is 0 Å². The smallest absolute Gasteiger partial charge is 0.305 e. The Balaban J connectivity index is 2.02. The van der Waals surface area contributed by atoms with Crippen molar-refractivity contribution in [2.24, 2.45) is 0 Å². The molecule has 2 atom stereocenters. The van der Waals surface area contributed by atoms with Gasteiger partial charge in [0.15, 0.2) is 0 Å². The summed E-state index contributed by atoms with van der Waals surface area (Å²) < 4.78 is 9.90. The molecule has 0 amide bonds. The third-order valence-electron chi connectivity index (χ3n) is 1.66. The van der Waals surface area contributed by atoms with Crippen LogP contribution in [-0.2, 0) is 14.3 Å². The Morgan fingerprint density at radius 3 is 2.91 bits per heavy atom. The van der Waals surface area contributed by atoms with Gasteiger partial charge in [-0.1, -0.05) is 19.8 Å². The van der Waals surface area contributed by atoms with Crippen LogP contribution in [0.1, 0.15) is 33.1 Å². The minimum atomic E-state index is -0.256. The van der Waals surface area contributed by atoms with Crippen LogP contribution >= 0.6 is 0 Å². The van der Waals surface area contributed by atoms with Crippen molar-refractivity contribution in [3.8, 4) is 0 Å². The fourth-order valence-corrected chi connectivity index (χ4v) is 1.00. The summed E-state index contributed by atoms with van der Waals surface area (Å²) in [7, 11) is 0. The van der Waals surface area contributed by atoms with Gasteiger partial charge >= 0.3 is 5.97 Å². The van der Waals surface area contributed by atoms with Gasteiger partial charge in [-0.3, -0.25) is 4.79 Å². The number of epoxide rings is 1. The summed E-state index contributed by atoms with van der Waals surface area (Å²) in [5.41, 5.74) is 0. The molecule has 0 aromatic heterocycles. The lowest BCUT2D eigenvalue weighted by molar-refractivity contribution is -0.145. The summed E-state index contributed by atoms with van der Waals surface area (Å²) in [5, 5.41) is 0. The Labute approximate surface area is 66.7 Å². The van der Waals surface area contributed by atoms with E-state index in [4.69, 9.17) is 9.47 Å². The summed E-state index contributed by atoms with van der Waals surface area (Å²) >= 11 is 0. The highest BCUT2D eigenvalue weighted by Gasteiger charge is 2.41. The topological polar surface area (TPSA) is 38.8 Å². The van der Waals surface area contributed by atoms with Gasteiger partial charge in [-0.25, -0.2) is 0 Å². The van der Waals surface area contributed by atoms with Gasteiger partial charge in [0.2, 0.25) is 6.29 Å². The number of rotatable bonds is 4. The van der Waals surface area contributed by atoms with Gasteiger partial charge in [-0.15, -0.1) is 0 Å². The van der Waals surface area contributed by atoms with Crippen molar-refractivity contribution in [2.45, 2.75) is 45.5 Å². The molecule has 0 spiro atoms. The van der Waals surface area contributed by atoms with Gasteiger partial charge < -0.3 is 9.47 Å². The molecule has 3 heteroatoms. The monoisotopic (exact) mass is 158 g/mol. The van der Waals surface area contributed by atoms with E-state index in [2.05, 4.69) is 6.92 Å². The summed E-state index contributed by atoms with van der Waals surface area (Å²) in [5.74, 6) is -0.256. The standard InChI is InChI=1S/C8H14O3/c1-3-4-5-7-8(11-7)10-6(2)9/h7-8H,3-5H2,1-2H3/t7-,8+/m1/s1. The molecule has 1 aliphatic heterocycles. The van der Waals surface area contributed by atoms with E-state index in [9.17, 15) is 4.79 Å². The number of carbonyl (C=O) groups excluding carboxylic acids is 1. The number of unbranched alkanes of at least 4 members (excludes halogenated alkanes) is 1. The van der Waals surface area contributed by atoms with E-state index >= 15 is 0 Å². The van der Waals surface area contributed by atoms with Crippen molar-refractivity contribution in [3.63, 3.8) is 0 Å². The van der Waals surface area contributed by atoms with Crippen molar-refractivity contribution < 1.29 is 14.3 Å². The van der Waals surface area contributed by atoms with Gasteiger partial charge in [0.25, 0.3) is 0 Å². The SMILES string of the molecule is CCCC[C@H]1O[C@@H]1OC(C)=O. The Bertz CT molecular complexity index is 144. The number of esters is 1. The molecule has 1 rings (SSSR count). The van der Waals surface area contributed by atoms with Gasteiger partial charge in [0, 0.05) is 6.92 Å². The van der Waals surface area contributed by atoms with Crippen LogP contribution in [0, 0.1) is 0 Å². The average molecular weight is 158 g/mol. The van der Waals surface area contributed by atoms with Crippen LogP contribution in [0.5, 0.6) is 0 Å². The maximum absolute atomic E-state index is 10.4. The molecule has 1 heterocycles. The molecule has 0 radical (unpaired) electrons. The highest BCUT2D eigenvalue weighted by Crippen LogP contribution is 2.27. The maximum Gasteiger partial charge on any atom is 0.305 e. The predicted octanol–water partition coefficient (Wildman–Crippen LogP) is 1.46. The zero-order valence-corrected chi connectivity index (χ0v) is 7.00. The molecule has 0 bridgehead atoms. The molecule has 1 saturated heterocycles. The molecule has 0 aromatic carbocycles. The van der Waals surface area contributed by atoms with Crippen LogP contribution < -0.4 is 0 Å².